The number of benzene rings is 1. The van der Waals surface area contributed by atoms with E-state index < -0.39 is 10.0 Å². The van der Waals surface area contributed by atoms with Crippen LogP contribution in [0.4, 0.5) is 5.69 Å². The summed E-state index contributed by atoms with van der Waals surface area (Å²) in [5.74, 6) is 0. The highest BCUT2D eigenvalue weighted by molar-refractivity contribution is 7.92. The van der Waals surface area contributed by atoms with Gasteiger partial charge in [0.25, 0.3) is 10.0 Å². The van der Waals surface area contributed by atoms with Crippen molar-refractivity contribution in [3.8, 4) is 0 Å². The van der Waals surface area contributed by atoms with E-state index in [2.05, 4.69) is 20.0 Å². The number of hydrogen-bond donors (Lipinski definition) is 2. The smallest absolute Gasteiger partial charge is 0.262 e. The van der Waals surface area contributed by atoms with E-state index in [0.29, 0.717) is 12.2 Å². The third kappa shape index (κ3) is 3.52. The van der Waals surface area contributed by atoms with Crippen molar-refractivity contribution in [2.45, 2.75) is 18.4 Å². The van der Waals surface area contributed by atoms with Crippen molar-refractivity contribution in [3.05, 3.63) is 48.5 Å². The summed E-state index contributed by atoms with van der Waals surface area (Å²) in [6.45, 7) is 3.24. The summed E-state index contributed by atoms with van der Waals surface area (Å²) < 4.78 is 27.3. The molecular formula is C13H16N4O2S. The highest BCUT2D eigenvalue weighted by Gasteiger charge is 2.18. The molecule has 7 heteroatoms. The summed E-state index contributed by atoms with van der Waals surface area (Å²) in [7, 11) is -3.64. The van der Waals surface area contributed by atoms with E-state index >= 15 is 0 Å². The van der Waals surface area contributed by atoms with Crippen LogP contribution in [0.3, 0.4) is 0 Å². The van der Waals surface area contributed by atoms with Crippen molar-refractivity contribution < 1.29 is 8.42 Å². The van der Waals surface area contributed by atoms with Gasteiger partial charge in [-0.25, -0.2) is 18.4 Å². The molecule has 0 atom stereocenters. The molecule has 106 valence electrons. The second kappa shape index (κ2) is 6.44. The van der Waals surface area contributed by atoms with Crippen molar-refractivity contribution >= 4 is 15.7 Å². The van der Waals surface area contributed by atoms with Gasteiger partial charge in [-0.1, -0.05) is 25.1 Å². The zero-order chi connectivity index (χ0) is 14.4. The molecule has 0 saturated carbocycles. The second-order valence-corrected chi connectivity index (χ2v) is 5.77. The molecule has 20 heavy (non-hydrogen) atoms. The third-order valence-electron chi connectivity index (χ3n) is 2.64. The maximum Gasteiger partial charge on any atom is 0.262 e. The summed E-state index contributed by atoms with van der Waals surface area (Å²) in [6.07, 6.45) is 4.17. The van der Waals surface area contributed by atoms with Crippen LogP contribution in [-0.2, 0) is 16.6 Å². The van der Waals surface area contributed by atoms with Crippen molar-refractivity contribution in [2.24, 2.45) is 0 Å². The molecule has 0 amide bonds. The van der Waals surface area contributed by atoms with Gasteiger partial charge in [0.15, 0.2) is 0 Å². The Kier molecular flexibility index (Phi) is 4.65. The quantitative estimate of drug-likeness (QED) is 0.840. The summed E-state index contributed by atoms with van der Waals surface area (Å²) in [5, 5.41) is 3.12. The fourth-order valence-electron chi connectivity index (χ4n) is 1.73. The molecule has 0 spiro atoms. The Morgan fingerprint density at radius 1 is 1.15 bits per heavy atom. The molecule has 0 aliphatic carbocycles. The number of nitrogens with one attached hydrogen (secondary N) is 2. The molecule has 2 aromatic rings. The van der Waals surface area contributed by atoms with E-state index in [1.54, 1.807) is 18.2 Å². The van der Waals surface area contributed by atoms with Gasteiger partial charge in [-0.3, -0.25) is 4.72 Å². The molecule has 2 N–H and O–H groups in total. The number of anilines is 1. The molecule has 1 aromatic carbocycles. The summed E-state index contributed by atoms with van der Waals surface area (Å²) in [4.78, 5) is 7.82. The largest absolute Gasteiger partial charge is 0.313 e. The van der Waals surface area contributed by atoms with Crippen LogP contribution in [0.15, 0.2) is 47.9 Å². The Morgan fingerprint density at radius 2 is 1.85 bits per heavy atom. The SMILES string of the molecule is CCNCc1ccccc1S(=O)(=O)Nc1cncnc1. The molecule has 0 aliphatic rings. The second-order valence-electron chi connectivity index (χ2n) is 4.12. The van der Waals surface area contributed by atoms with Crippen LogP contribution in [-0.4, -0.2) is 24.9 Å². The summed E-state index contributed by atoms with van der Waals surface area (Å²) in [6, 6.07) is 6.89. The lowest BCUT2D eigenvalue weighted by atomic mass is 10.2. The van der Waals surface area contributed by atoms with E-state index in [4.69, 9.17) is 0 Å². The number of aromatic nitrogens is 2. The first-order valence-electron chi connectivity index (χ1n) is 6.20. The summed E-state index contributed by atoms with van der Waals surface area (Å²) in [5.41, 5.74) is 1.06. The minimum absolute atomic E-state index is 0.254. The highest BCUT2D eigenvalue weighted by Crippen LogP contribution is 2.18. The van der Waals surface area contributed by atoms with Gasteiger partial charge in [0.1, 0.15) is 6.33 Å². The topological polar surface area (TPSA) is 84.0 Å². The minimum atomic E-state index is -3.64. The van der Waals surface area contributed by atoms with Crippen molar-refractivity contribution in [3.63, 3.8) is 0 Å². The first-order valence-corrected chi connectivity index (χ1v) is 7.68. The molecule has 0 unspecified atom stereocenters. The van der Waals surface area contributed by atoms with Gasteiger partial charge >= 0.3 is 0 Å². The zero-order valence-electron chi connectivity index (χ0n) is 11.1. The van der Waals surface area contributed by atoms with Crippen LogP contribution in [0.2, 0.25) is 0 Å². The molecule has 0 radical (unpaired) electrons. The van der Waals surface area contributed by atoms with Crippen molar-refractivity contribution in [2.75, 3.05) is 11.3 Å². The monoisotopic (exact) mass is 292 g/mol. The Bertz CT molecular complexity index is 659. The molecule has 0 fully saturated rings. The van der Waals surface area contributed by atoms with E-state index in [9.17, 15) is 8.42 Å². The van der Waals surface area contributed by atoms with Gasteiger partial charge in [-0.2, -0.15) is 0 Å². The normalized spacial score (nSPS) is 11.2. The first-order chi connectivity index (χ1) is 9.63. The highest BCUT2D eigenvalue weighted by atomic mass is 32.2. The third-order valence-corrected chi connectivity index (χ3v) is 4.12. The van der Waals surface area contributed by atoms with Crippen LogP contribution in [0.25, 0.3) is 0 Å². The van der Waals surface area contributed by atoms with Crippen molar-refractivity contribution in [1.29, 1.82) is 0 Å². The van der Waals surface area contributed by atoms with E-state index in [1.165, 1.54) is 18.7 Å². The van der Waals surface area contributed by atoms with E-state index in [-0.39, 0.29) is 4.90 Å². The predicted molar refractivity (Wildman–Crippen MR) is 76.7 cm³/mol. The molecular weight excluding hydrogens is 276 g/mol. The lowest BCUT2D eigenvalue weighted by molar-refractivity contribution is 0.598. The molecule has 0 saturated heterocycles. The average Bonchev–Trinajstić information content (AvgIpc) is 2.46. The fraction of sp³-hybridized carbons (Fsp3) is 0.231. The van der Waals surface area contributed by atoms with Crippen LogP contribution in [0.1, 0.15) is 12.5 Å². The van der Waals surface area contributed by atoms with Gasteiger partial charge in [-0.05, 0) is 18.2 Å². The fourth-order valence-corrected chi connectivity index (χ4v) is 3.00. The average molecular weight is 292 g/mol. The molecule has 0 bridgehead atoms. The van der Waals surface area contributed by atoms with E-state index in [1.807, 2.05) is 13.0 Å². The van der Waals surface area contributed by atoms with Gasteiger partial charge in [0, 0.05) is 6.54 Å². The number of nitrogens with zero attached hydrogens (tertiary/aromatic N) is 2. The Morgan fingerprint density at radius 3 is 2.55 bits per heavy atom. The van der Waals surface area contributed by atoms with Crippen molar-refractivity contribution in [1.82, 2.24) is 15.3 Å². The molecule has 2 rings (SSSR count). The van der Waals surface area contributed by atoms with Gasteiger partial charge in [0.2, 0.25) is 0 Å². The van der Waals surface area contributed by atoms with Gasteiger partial charge in [0.05, 0.1) is 23.0 Å². The van der Waals surface area contributed by atoms with Crippen LogP contribution in [0, 0.1) is 0 Å². The summed E-state index contributed by atoms with van der Waals surface area (Å²) >= 11 is 0. The predicted octanol–water partition coefficient (Wildman–Crippen LogP) is 1.39. The zero-order valence-corrected chi connectivity index (χ0v) is 11.9. The van der Waals surface area contributed by atoms with E-state index in [0.717, 1.165) is 12.1 Å². The number of sulfonamides is 1. The molecule has 1 heterocycles. The first kappa shape index (κ1) is 14.4. The molecule has 1 aromatic heterocycles. The van der Waals surface area contributed by atoms with Crippen LogP contribution >= 0.6 is 0 Å². The van der Waals surface area contributed by atoms with Gasteiger partial charge in [-0.15, -0.1) is 0 Å². The van der Waals surface area contributed by atoms with Crippen LogP contribution in [0.5, 0.6) is 0 Å². The molecule has 0 aliphatic heterocycles. The number of rotatable bonds is 6. The Hall–Kier alpha value is -1.99. The maximum absolute atomic E-state index is 12.4. The lowest BCUT2D eigenvalue weighted by Gasteiger charge is -2.12. The Labute approximate surface area is 118 Å². The molecule has 6 nitrogen and oxygen atoms in total. The maximum atomic E-state index is 12.4. The number of hydrogen-bond acceptors (Lipinski definition) is 5. The van der Waals surface area contributed by atoms with Gasteiger partial charge < -0.3 is 5.32 Å². The van der Waals surface area contributed by atoms with Crippen LogP contribution < -0.4 is 10.0 Å². The minimum Gasteiger partial charge on any atom is -0.313 e. The Balaban J connectivity index is 2.30. The lowest BCUT2D eigenvalue weighted by Crippen LogP contribution is -2.19. The standard InChI is InChI=1S/C13H16N4O2S/c1-2-14-7-11-5-3-4-6-13(11)20(18,19)17-12-8-15-10-16-9-12/h3-6,8-10,14,17H,2,7H2,1H3.